The highest BCUT2D eigenvalue weighted by atomic mass is 16.3. The van der Waals surface area contributed by atoms with Crippen LogP contribution >= 0.6 is 0 Å². The van der Waals surface area contributed by atoms with E-state index in [1.165, 1.54) is 64.2 Å². The van der Waals surface area contributed by atoms with Crippen LogP contribution in [0.2, 0.25) is 0 Å². The maximum Gasteiger partial charge on any atom is 0.0693 e. The highest BCUT2D eigenvalue weighted by Crippen LogP contribution is 2.16. The molecule has 1 rings (SSSR count). The molecule has 0 saturated carbocycles. The fourth-order valence-electron chi connectivity index (χ4n) is 2.90. The van der Waals surface area contributed by atoms with Gasteiger partial charge in [-0.2, -0.15) is 0 Å². The van der Waals surface area contributed by atoms with Gasteiger partial charge in [0.15, 0.2) is 0 Å². The van der Waals surface area contributed by atoms with Crippen molar-refractivity contribution in [2.45, 2.75) is 96.1 Å². The molecule has 0 aromatic rings. The second-order valence-electron chi connectivity index (χ2n) is 5.89. The van der Waals surface area contributed by atoms with E-state index in [4.69, 9.17) is 0 Å². The summed E-state index contributed by atoms with van der Waals surface area (Å²) in [7, 11) is 0. The molecule has 1 aliphatic rings. The minimum absolute atomic E-state index is 0.112. The second kappa shape index (κ2) is 10.8. The summed E-state index contributed by atoms with van der Waals surface area (Å²) in [5.41, 5.74) is 0. The molecule has 1 saturated heterocycles. The molecule has 2 heteroatoms. The first-order valence-electron chi connectivity index (χ1n) is 8.26. The summed E-state index contributed by atoms with van der Waals surface area (Å²) in [6.07, 6.45) is 15.3. The van der Waals surface area contributed by atoms with Gasteiger partial charge in [0, 0.05) is 6.04 Å². The number of nitrogens with one attached hydrogen (secondary N) is 1. The van der Waals surface area contributed by atoms with Crippen molar-refractivity contribution in [3.05, 3.63) is 0 Å². The van der Waals surface area contributed by atoms with Crippen LogP contribution in [0.3, 0.4) is 0 Å². The molecule has 2 N–H and O–H groups in total. The van der Waals surface area contributed by atoms with Crippen molar-refractivity contribution in [1.29, 1.82) is 0 Å². The van der Waals surface area contributed by atoms with Crippen LogP contribution < -0.4 is 5.32 Å². The molecular weight excluding hydrogens is 222 g/mol. The van der Waals surface area contributed by atoms with Gasteiger partial charge in [-0.25, -0.2) is 0 Å². The van der Waals surface area contributed by atoms with Crippen LogP contribution in [0.4, 0.5) is 0 Å². The SMILES string of the molecule is CCCCCCCCCC(O)C1CCCCCN1. The lowest BCUT2D eigenvalue weighted by atomic mass is 9.99. The van der Waals surface area contributed by atoms with Crippen molar-refractivity contribution >= 4 is 0 Å². The summed E-state index contributed by atoms with van der Waals surface area (Å²) in [5, 5.41) is 13.7. The Morgan fingerprint density at radius 3 is 2.50 bits per heavy atom. The van der Waals surface area contributed by atoms with Gasteiger partial charge >= 0.3 is 0 Å². The quantitative estimate of drug-likeness (QED) is 0.610. The zero-order chi connectivity index (χ0) is 13.1. The second-order valence-corrected chi connectivity index (χ2v) is 5.89. The number of hydrogen-bond donors (Lipinski definition) is 2. The van der Waals surface area contributed by atoms with Crippen molar-refractivity contribution in [3.8, 4) is 0 Å². The lowest BCUT2D eigenvalue weighted by Gasteiger charge is -2.22. The monoisotopic (exact) mass is 255 g/mol. The van der Waals surface area contributed by atoms with Crippen molar-refractivity contribution in [2.24, 2.45) is 0 Å². The summed E-state index contributed by atoms with van der Waals surface area (Å²) in [6.45, 7) is 3.36. The summed E-state index contributed by atoms with van der Waals surface area (Å²) < 4.78 is 0. The summed E-state index contributed by atoms with van der Waals surface area (Å²) in [6, 6.07) is 0.368. The van der Waals surface area contributed by atoms with Gasteiger partial charge in [-0.15, -0.1) is 0 Å². The Labute approximate surface area is 114 Å². The molecule has 1 aliphatic heterocycles. The number of rotatable bonds is 9. The van der Waals surface area contributed by atoms with Crippen LogP contribution in [-0.4, -0.2) is 23.8 Å². The predicted octanol–water partition coefficient (Wildman–Crippen LogP) is 4.02. The first-order valence-corrected chi connectivity index (χ1v) is 8.26. The molecule has 1 heterocycles. The average Bonchev–Trinajstić information content (AvgIpc) is 2.66. The van der Waals surface area contributed by atoms with Gasteiger partial charge in [0.05, 0.1) is 6.10 Å². The molecule has 1 fully saturated rings. The largest absolute Gasteiger partial charge is 0.392 e. The minimum Gasteiger partial charge on any atom is -0.392 e. The average molecular weight is 255 g/mol. The van der Waals surface area contributed by atoms with E-state index < -0.39 is 0 Å². The van der Waals surface area contributed by atoms with E-state index in [9.17, 15) is 5.11 Å². The van der Waals surface area contributed by atoms with Crippen molar-refractivity contribution in [3.63, 3.8) is 0 Å². The third-order valence-electron chi connectivity index (χ3n) is 4.17. The number of aliphatic hydroxyl groups excluding tert-OH is 1. The summed E-state index contributed by atoms with van der Waals surface area (Å²) in [4.78, 5) is 0. The maximum absolute atomic E-state index is 10.2. The number of aliphatic hydroxyl groups is 1. The van der Waals surface area contributed by atoms with Crippen LogP contribution in [0.1, 0.15) is 84.0 Å². The van der Waals surface area contributed by atoms with E-state index in [2.05, 4.69) is 12.2 Å². The van der Waals surface area contributed by atoms with E-state index in [0.717, 1.165) is 19.4 Å². The van der Waals surface area contributed by atoms with Gasteiger partial charge in [0.2, 0.25) is 0 Å². The summed E-state index contributed by atoms with van der Waals surface area (Å²) >= 11 is 0. The summed E-state index contributed by atoms with van der Waals surface area (Å²) in [5.74, 6) is 0. The van der Waals surface area contributed by atoms with Crippen LogP contribution in [0.5, 0.6) is 0 Å². The number of unbranched alkanes of at least 4 members (excludes halogenated alkanes) is 6. The van der Waals surface area contributed by atoms with E-state index in [1.54, 1.807) is 0 Å². The van der Waals surface area contributed by atoms with Crippen molar-refractivity contribution in [2.75, 3.05) is 6.54 Å². The number of hydrogen-bond acceptors (Lipinski definition) is 2. The zero-order valence-corrected chi connectivity index (χ0v) is 12.3. The topological polar surface area (TPSA) is 32.3 Å². The lowest BCUT2D eigenvalue weighted by molar-refractivity contribution is 0.113. The van der Waals surface area contributed by atoms with Gasteiger partial charge in [0.25, 0.3) is 0 Å². The van der Waals surface area contributed by atoms with Gasteiger partial charge in [-0.3, -0.25) is 0 Å². The predicted molar refractivity (Wildman–Crippen MR) is 78.9 cm³/mol. The minimum atomic E-state index is -0.112. The van der Waals surface area contributed by atoms with Gasteiger partial charge < -0.3 is 10.4 Å². The Morgan fingerprint density at radius 2 is 1.72 bits per heavy atom. The Balaban J connectivity index is 1.96. The fraction of sp³-hybridized carbons (Fsp3) is 1.00. The van der Waals surface area contributed by atoms with Crippen molar-refractivity contribution in [1.82, 2.24) is 5.32 Å². The fourth-order valence-corrected chi connectivity index (χ4v) is 2.90. The smallest absolute Gasteiger partial charge is 0.0693 e. The molecule has 0 radical (unpaired) electrons. The molecule has 0 aromatic carbocycles. The molecular formula is C16H33NO. The molecule has 18 heavy (non-hydrogen) atoms. The van der Waals surface area contributed by atoms with Gasteiger partial charge in [0.1, 0.15) is 0 Å². The van der Waals surface area contributed by atoms with Crippen LogP contribution in [0, 0.1) is 0 Å². The Hall–Kier alpha value is -0.0800. The Morgan fingerprint density at radius 1 is 1.00 bits per heavy atom. The molecule has 108 valence electrons. The highest BCUT2D eigenvalue weighted by Gasteiger charge is 2.19. The molecule has 2 atom stereocenters. The van der Waals surface area contributed by atoms with Gasteiger partial charge in [-0.05, 0) is 25.8 Å². The normalized spacial score (nSPS) is 22.7. The third-order valence-corrected chi connectivity index (χ3v) is 4.17. The molecule has 0 spiro atoms. The molecule has 2 unspecified atom stereocenters. The van der Waals surface area contributed by atoms with Crippen LogP contribution in [-0.2, 0) is 0 Å². The van der Waals surface area contributed by atoms with Crippen LogP contribution in [0.25, 0.3) is 0 Å². The Kier molecular flexibility index (Phi) is 9.59. The molecule has 0 aromatic heterocycles. The molecule has 0 aliphatic carbocycles. The third kappa shape index (κ3) is 7.38. The van der Waals surface area contributed by atoms with E-state index in [-0.39, 0.29) is 6.10 Å². The van der Waals surface area contributed by atoms with E-state index in [0.29, 0.717) is 6.04 Å². The molecule has 0 amide bonds. The lowest BCUT2D eigenvalue weighted by Crippen LogP contribution is -2.39. The molecule has 2 nitrogen and oxygen atoms in total. The van der Waals surface area contributed by atoms with Crippen molar-refractivity contribution < 1.29 is 5.11 Å². The highest BCUT2D eigenvalue weighted by molar-refractivity contribution is 4.78. The van der Waals surface area contributed by atoms with E-state index in [1.807, 2.05) is 0 Å². The standard InChI is InChI=1S/C16H33NO/c1-2-3-4-5-6-7-10-13-16(18)15-12-9-8-11-14-17-15/h15-18H,2-14H2,1H3. The van der Waals surface area contributed by atoms with Crippen LogP contribution in [0.15, 0.2) is 0 Å². The first kappa shape index (κ1) is 16.0. The maximum atomic E-state index is 10.2. The van der Waals surface area contributed by atoms with Gasteiger partial charge in [-0.1, -0.05) is 64.7 Å². The zero-order valence-electron chi connectivity index (χ0n) is 12.3. The van der Waals surface area contributed by atoms with E-state index >= 15 is 0 Å². The Bertz CT molecular complexity index is 176. The first-order chi connectivity index (χ1) is 8.84. The molecule has 0 bridgehead atoms.